The number of amidine groups is 1. The second kappa shape index (κ2) is 9.17. The highest BCUT2D eigenvalue weighted by Crippen LogP contribution is 2.35. The lowest BCUT2D eigenvalue weighted by Crippen LogP contribution is -2.34. The number of hydrogen-bond acceptors (Lipinski definition) is 5. The average Bonchev–Trinajstić information content (AvgIpc) is 3.42. The molecule has 1 heterocycles. The van der Waals surface area contributed by atoms with Gasteiger partial charge in [-0.15, -0.1) is 11.3 Å². The first-order valence-corrected chi connectivity index (χ1v) is 10.9. The van der Waals surface area contributed by atoms with Crippen molar-refractivity contribution in [2.75, 3.05) is 6.61 Å². The van der Waals surface area contributed by atoms with Crippen LogP contribution in [-0.2, 0) is 4.74 Å². The third-order valence-electron chi connectivity index (χ3n) is 5.27. The third kappa shape index (κ3) is 4.74. The highest BCUT2D eigenvalue weighted by atomic mass is 32.1. The quantitative estimate of drug-likeness (QED) is 0.369. The van der Waals surface area contributed by atoms with Gasteiger partial charge in [-0.3, -0.25) is 5.41 Å². The molecule has 4 rings (SSSR count). The van der Waals surface area contributed by atoms with Crippen molar-refractivity contribution < 1.29 is 14.3 Å². The largest absolute Gasteiger partial charge is 0.481 e. The molecular weight excluding hydrogens is 398 g/mol. The summed E-state index contributed by atoms with van der Waals surface area (Å²) in [4.78, 5) is 13.0. The molecule has 1 aliphatic carbocycles. The molecular formula is C23H25N3O3S. The Labute approximate surface area is 179 Å². The summed E-state index contributed by atoms with van der Waals surface area (Å²) in [5.74, 6) is 0.707. The Morgan fingerprint density at radius 1 is 1.17 bits per heavy atom. The summed E-state index contributed by atoms with van der Waals surface area (Å²) in [6.07, 6.45) is 3.45. The molecule has 1 saturated carbocycles. The number of fused-ring (bicyclic) bond motifs is 1. The van der Waals surface area contributed by atoms with Gasteiger partial charge >= 0.3 is 6.09 Å². The average molecular weight is 424 g/mol. The Kier molecular flexibility index (Phi) is 6.18. The molecule has 4 N–H and O–H groups in total. The van der Waals surface area contributed by atoms with Crippen molar-refractivity contribution in [2.24, 2.45) is 5.73 Å². The molecule has 3 aromatic rings. The van der Waals surface area contributed by atoms with E-state index in [-0.39, 0.29) is 18.5 Å². The Hall–Kier alpha value is -3.06. The van der Waals surface area contributed by atoms with Gasteiger partial charge in [0, 0.05) is 16.1 Å². The van der Waals surface area contributed by atoms with E-state index in [1.54, 1.807) is 0 Å². The van der Waals surface area contributed by atoms with Crippen molar-refractivity contribution in [3.8, 4) is 5.75 Å². The normalized spacial score (nSPS) is 15.1. The molecule has 0 radical (unpaired) electrons. The molecule has 2 aromatic carbocycles. The second-order valence-electron chi connectivity index (χ2n) is 7.43. The first kappa shape index (κ1) is 20.2. The molecule has 0 bridgehead atoms. The smallest absolute Gasteiger partial charge is 0.407 e. The lowest BCUT2D eigenvalue weighted by atomic mass is 10.1. The maximum absolute atomic E-state index is 12.3. The van der Waals surface area contributed by atoms with E-state index in [0.717, 1.165) is 41.3 Å². The molecule has 1 aromatic heterocycles. The number of benzene rings is 2. The van der Waals surface area contributed by atoms with Crippen LogP contribution in [0.5, 0.6) is 5.75 Å². The maximum atomic E-state index is 12.3. The van der Waals surface area contributed by atoms with Gasteiger partial charge in [-0.05, 0) is 36.6 Å². The van der Waals surface area contributed by atoms with Crippen molar-refractivity contribution in [1.29, 1.82) is 5.41 Å². The van der Waals surface area contributed by atoms with Crippen LogP contribution in [0.25, 0.3) is 10.1 Å². The van der Waals surface area contributed by atoms with Crippen molar-refractivity contribution in [1.82, 2.24) is 5.32 Å². The molecule has 156 valence electrons. The summed E-state index contributed by atoms with van der Waals surface area (Å²) in [5.41, 5.74) is 6.58. The number of carbonyl (C=O) groups excluding carboxylic acids is 1. The van der Waals surface area contributed by atoms with Gasteiger partial charge in [-0.2, -0.15) is 0 Å². The monoisotopic (exact) mass is 423 g/mol. The molecule has 0 spiro atoms. The maximum Gasteiger partial charge on any atom is 0.407 e. The molecule has 1 atom stereocenters. The molecule has 1 aliphatic rings. The fourth-order valence-electron chi connectivity index (χ4n) is 3.72. The summed E-state index contributed by atoms with van der Waals surface area (Å²) in [5, 5.41) is 11.5. The topological polar surface area (TPSA) is 97.4 Å². The van der Waals surface area contributed by atoms with Gasteiger partial charge in [-0.25, -0.2) is 4.79 Å². The SMILES string of the molecule is N=C(N)c1cc2c(OC(COC(=O)NC3CCCC3)c3ccccc3)cccc2s1. The summed E-state index contributed by atoms with van der Waals surface area (Å²) >= 11 is 1.45. The Bertz CT molecular complexity index is 1030. The minimum absolute atomic E-state index is 0.0358. The number of nitrogen functional groups attached to an aromatic ring is 1. The number of thiophene rings is 1. The Balaban J connectivity index is 1.52. The second-order valence-corrected chi connectivity index (χ2v) is 8.52. The standard InChI is InChI=1S/C23H25N3O3S/c24-22(25)21-13-17-18(11-6-12-20(17)30-21)29-19(15-7-2-1-3-8-15)14-28-23(27)26-16-9-4-5-10-16/h1-3,6-8,11-13,16,19H,4-5,9-10,14H2,(H3,24,25)(H,26,27). The number of nitrogens with one attached hydrogen (secondary N) is 2. The van der Waals surface area contributed by atoms with E-state index in [9.17, 15) is 4.79 Å². The van der Waals surface area contributed by atoms with Crippen LogP contribution in [0.15, 0.2) is 54.6 Å². The highest BCUT2D eigenvalue weighted by molar-refractivity contribution is 7.20. The van der Waals surface area contributed by atoms with Crippen molar-refractivity contribution in [3.05, 3.63) is 65.0 Å². The molecule has 1 fully saturated rings. The fourth-order valence-corrected chi connectivity index (χ4v) is 4.66. The van der Waals surface area contributed by atoms with Crippen molar-refractivity contribution >= 4 is 33.4 Å². The number of alkyl carbamates (subject to hydrolysis) is 1. The van der Waals surface area contributed by atoms with Gasteiger partial charge in [-0.1, -0.05) is 49.2 Å². The molecule has 1 unspecified atom stereocenters. The molecule has 0 saturated heterocycles. The minimum Gasteiger partial charge on any atom is -0.481 e. The molecule has 30 heavy (non-hydrogen) atoms. The third-order valence-corrected chi connectivity index (χ3v) is 6.40. The number of amides is 1. The Morgan fingerprint density at radius 2 is 1.93 bits per heavy atom. The van der Waals surface area contributed by atoms with Crippen LogP contribution in [0.4, 0.5) is 4.79 Å². The number of hydrogen-bond donors (Lipinski definition) is 3. The van der Waals surface area contributed by atoms with Gasteiger partial charge < -0.3 is 20.5 Å². The number of ether oxygens (including phenoxy) is 2. The van der Waals surface area contributed by atoms with E-state index in [1.165, 1.54) is 11.3 Å². The predicted octanol–water partition coefficient (Wildman–Crippen LogP) is 4.97. The van der Waals surface area contributed by atoms with E-state index in [4.69, 9.17) is 20.6 Å². The van der Waals surface area contributed by atoms with Crippen LogP contribution in [0.1, 0.15) is 42.2 Å². The number of carbonyl (C=O) groups is 1. The first-order valence-electron chi connectivity index (χ1n) is 10.1. The molecule has 6 nitrogen and oxygen atoms in total. The first-order chi connectivity index (χ1) is 14.6. The molecule has 1 amide bonds. The summed E-state index contributed by atoms with van der Waals surface area (Å²) in [7, 11) is 0. The zero-order valence-electron chi connectivity index (χ0n) is 16.6. The van der Waals surface area contributed by atoms with E-state index in [2.05, 4.69) is 5.32 Å². The lowest BCUT2D eigenvalue weighted by molar-refractivity contribution is 0.0808. The van der Waals surface area contributed by atoms with E-state index >= 15 is 0 Å². The molecule has 7 heteroatoms. The van der Waals surface area contributed by atoms with Gasteiger partial charge in [0.15, 0.2) is 6.10 Å². The summed E-state index contributed by atoms with van der Waals surface area (Å²) in [6, 6.07) is 17.6. The van der Waals surface area contributed by atoms with Gasteiger partial charge in [0.2, 0.25) is 0 Å². The van der Waals surface area contributed by atoms with Crippen LogP contribution in [0.2, 0.25) is 0 Å². The highest BCUT2D eigenvalue weighted by Gasteiger charge is 2.21. The molecule has 0 aliphatic heterocycles. The Morgan fingerprint density at radius 3 is 2.67 bits per heavy atom. The van der Waals surface area contributed by atoms with Crippen LogP contribution in [0.3, 0.4) is 0 Å². The zero-order valence-corrected chi connectivity index (χ0v) is 17.4. The van der Waals surface area contributed by atoms with Gasteiger partial charge in [0.1, 0.15) is 18.2 Å². The predicted molar refractivity (Wildman–Crippen MR) is 119 cm³/mol. The van der Waals surface area contributed by atoms with Crippen molar-refractivity contribution in [2.45, 2.75) is 37.8 Å². The van der Waals surface area contributed by atoms with Crippen molar-refractivity contribution in [3.63, 3.8) is 0 Å². The van der Waals surface area contributed by atoms with Crippen LogP contribution < -0.4 is 15.8 Å². The van der Waals surface area contributed by atoms with E-state index < -0.39 is 12.2 Å². The van der Waals surface area contributed by atoms with Gasteiger partial charge in [0.05, 0.1) is 4.88 Å². The number of rotatable bonds is 7. The van der Waals surface area contributed by atoms with Gasteiger partial charge in [0.25, 0.3) is 0 Å². The zero-order chi connectivity index (χ0) is 20.9. The summed E-state index contributed by atoms with van der Waals surface area (Å²) in [6.45, 7) is 0.0999. The lowest BCUT2D eigenvalue weighted by Gasteiger charge is -2.21. The number of nitrogens with two attached hydrogens (primary N) is 1. The van der Waals surface area contributed by atoms with E-state index in [0.29, 0.717) is 10.6 Å². The van der Waals surface area contributed by atoms with Crippen LogP contribution >= 0.6 is 11.3 Å². The van der Waals surface area contributed by atoms with Crippen LogP contribution in [0, 0.1) is 5.41 Å². The van der Waals surface area contributed by atoms with E-state index in [1.807, 2.05) is 54.6 Å². The fraction of sp³-hybridized carbons (Fsp3) is 0.304. The van der Waals surface area contributed by atoms with Crippen LogP contribution in [-0.4, -0.2) is 24.6 Å². The minimum atomic E-state index is -0.452. The summed E-state index contributed by atoms with van der Waals surface area (Å²) < 4.78 is 12.8.